The Morgan fingerprint density at radius 2 is 1.89 bits per heavy atom. The van der Waals surface area contributed by atoms with Gasteiger partial charge in [0, 0.05) is 6.04 Å². The van der Waals surface area contributed by atoms with Crippen LogP contribution in [0.25, 0.3) is 0 Å². The molecule has 3 heteroatoms. The molecule has 0 amide bonds. The maximum atomic E-state index is 6.10. The lowest BCUT2D eigenvalue weighted by Crippen LogP contribution is -2.21. The molecule has 1 saturated carbocycles. The van der Waals surface area contributed by atoms with E-state index in [2.05, 4.69) is 11.4 Å². The third kappa shape index (κ3) is 3.63. The van der Waals surface area contributed by atoms with Crippen molar-refractivity contribution in [3.05, 3.63) is 33.8 Å². The zero-order valence-corrected chi connectivity index (χ0v) is 12.4. The number of nitrogens with one attached hydrogen (secondary N) is 1. The molecule has 0 aromatic heterocycles. The molecule has 100 valence electrons. The summed E-state index contributed by atoms with van der Waals surface area (Å²) in [5, 5.41) is 4.69. The molecule has 1 aliphatic carbocycles. The van der Waals surface area contributed by atoms with Crippen LogP contribution in [-0.4, -0.2) is 7.05 Å². The first-order valence-electron chi connectivity index (χ1n) is 6.83. The van der Waals surface area contributed by atoms with Gasteiger partial charge in [-0.25, -0.2) is 0 Å². The lowest BCUT2D eigenvalue weighted by atomic mass is 9.83. The zero-order chi connectivity index (χ0) is 13.0. The Labute approximate surface area is 120 Å². The third-order valence-corrected chi connectivity index (χ3v) is 4.73. The second-order valence-corrected chi connectivity index (χ2v) is 6.07. The van der Waals surface area contributed by atoms with Crippen molar-refractivity contribution in [2.24, 2.45) is 5.92 Å². The summed E-state index contributed by atoms with van der Waals surface area (Å²) in [6.45, 7) is 0. The Bertz CT molecular complexity index is 386. The van der Waals surface area contributed by atoms with Crippen molar-refractivity contribution < 1.29 is 0 Å². The molecule has 0 heterocycles. The van der Waals surface area contributed by atoms with E-state index in [9.17, 15) is 0 Å². The quantitative estimate of drug-likeness (QED) is 0.799. The Kier molecular flexibility index (Phi) is 5.35. The molecule has 0 spiro atoms. The summed E-state index contributed by atoms with van der Waals surface area (Å²) in [6.07, 6.45) is 8.14. The molecule has 1 aromatic carbocycles. The van der Waals surface area contributed by atoms with Gasteiger partial charge >= 0.3 is 0 Å². The fourth-order valence-electron chi connectivity index (χ4n) is 2.91. The van der Waals surface area contributed by atoms with Crippen molar-refractivity contribution in [2.75, 3.05) is 7.05 Å². The predicted octanol–water partition coefficient (Wildman–Crippen LogP) is 5.22. The van der Waals surface area contributed by atoms with E-state index in [1.54, 1.807) is 0 Å². The molecule has 1 aromatic rings. The van der Waals surface area contributed by atoms with Crippen molar-refractivity contribution in [3.8, 4) is 0 Å². The minimum absolute atomic E-state index is 0.392. The molecule has 1 unspecified atom stereocenters. The highest BCUT2D eigenvalue weighted by Gasteiger charge is 2.19. The van der Waals surface area contributed by atoms with Crippen LogP contribution >= 0.6 is 23.2 Å². The number of benzene rings is 1. The maximum Gasteiger partial charge on any atom is 0.0595 e. The third-order valence-electron chi connectivity index (χ3n) is 3.99. The lowest BCUT2D eigenvalue weighted by Gasteiger charge is -2.26. The first-order valence-corrected chi connectivity index (χ1v) is 7.58. The second-order valence-electron chi connectivity index (χ2n) is 5.25. The Hall–Kier alpha value is -0.240. The number of halogens is 2. The van der Waals surface area contributed by atoms with Crippen LogP contribution in [-0.2, 0) is 0 Å². The first kappa shape index (κ1) is 14.2. The minimum atomic E-state index is 0.392. The van der Waals surface area contributed by atoms with E-state index in [1.165, 1.54) is 44.1 Å². The standard InChI is InChI=1S/C15H21Cl2N/c1-18-15(9-11-5-3-2-4-6-11)12-7-8-13(16)14(17)10-12/h7-8,10-11,15,18H,2-6,9H2,1H3. The molecule has 1 N–H and O–H groups in total. The van der Waals surface area contributed by atoms with Gasteiger partial charge in [0.15, 0.2) is 0 Å². The Morgan fingerprint density at radius 1 is 1.17 bits per heavy atom. The van der Waals surface area contributed by atoms with Crippen LogP contribution in [0.2, 0.25) is 10.0 Å². The number of hydrogen-bond donors (Lipinski definition) is 1. The van der Waals surface area contributed by atoms with Gasteiger partial charge in [0.05, 0.1) is 10.0 Å². The smallest absolute Gasteiger partial charge is 0.0595 e. The molecule has 0 radical (unpaired) electrons. The average Bonchev–Trinajstić information content (AvgIpc) is 2.40. The van der Waals surface area contributed by atoms with Gasteiger partial charge in [-0.3, -0.25) is 0 Å². The van der Waals surface area contributed by atoms with Crippen molar-refractivity contribution in [1.29, 1.82) is 0 Å². The van der Waals surface area contributed by atoms with Crippen LogP contribution in [0, 0.1) is 5.92 Å². The first-order chi connectivity index (χ1) is 8.70. The van der Waals surface area contributed by atoms with E-state index in [4.69, 9.17) is 23.2 Å². The molecule has 0 aliphatic heterocycles. The summed E-state index contributed by atoms with van der Waals surface area (Å²) in [6, 6.07) is 6.36. The van der Waals surface area contributed by atoms with Crippen LogP contribution in [0.1, 0.15) is 50.1 Å². The normalized spacial score (nSPS) is 18.8. The van der Waals surface area contributed by atoms with Crippen LogP contribution in [0.4, 0.5) is 0 Å². The van der Waals surface area contributed by atoms with E-state index in [-0.39, 0.29) is 0 Å². The molecule has 0 bridgehead atoms. The number of hydrogen-bond acceptors (Lipinski definition) is 1. The van der Waals surface area contributed by atoms with Gasteiger partial charge in [-0.15, -0.1) is 0 Å². The topological polar surface area (TPSA) is 12.0 Å². The Balaban J connectivity index is 2.04. The summed E-state index contributed by atoms with van der Waals surface area (Å²) < 4.78 is 0. The van der Waals surface area contributed by atoms with E-state index >= 15 is 0 Å². The van der Waals surface area contributed by atoms with Crippen LogP contribution < -0.4 is 5.32 Å². The van der Waals surface area contributed by atoms with Crippen molar-refractivity contribution in [1.82, 2.24) is 5.32 Å². The summed E-state index contributed by atoms with van der Waals surface area (Å²) in [5.74, 6) is 0.852. The van der Waals surface area contributed by atoms with E-state index in [0.29, 0.717) is 16.1 Å². The van der Waals surface area contributed by atoms with Crippen molar-refractivity contribution in [2.45, 2.75) is 44.6 Å². The fourth-order valence-corrected chi connectivity index (χ4v) is 3.21. The van der Waals surface area contributed by atoms with Gasteiger partial charge in [0.2, 0.25) is 0 Å². The lowest BCUT2D eigenvalue weighted by molar-refractivity contribution is 0.306. The van der Waals surface area contributed by atoms with Gasteiger partial charge in [0.25, 0.3) is 0 Å². The van der Waals surface area contributed by atoms with Gasteiger partial charge in [0.1, 0.15) is 0 Å². The zero-order valence-electron chi connectivity index (χ0n) is 10.9. The molecule has 1 atom stereocenters. The predicted molar refractivity (Wildman–Crippen MR) is 79.5 cm³/mol. The van der Waals surface area contributed by atoms with Crippen molar-refractivity contribution in [3.63, 3.8) is 0 Å². The van der Waals surface area contributed by atoms with Gasteiger partial charge < -0.3 is 5.32 Å². The van der Waals surface area contributed by atoms with Gasteiger partial charge in [-0.05, 0) is 37.1 Å². The Morgan fingerprint density at radius 3 is 2.50 bits per heavy atom. The highest BCUT2D eigenvalue weighted by molar-refractivity contribution is 6.42. The minimum Gasteiger partial charge on any atom is -0.313 e. The monoisotopic (exact) mass is 285 g/mol. The van der Waals surface area contributed by atoms with E-state index in [0.717, 1.165) is 5.92 Å². The molecular weight excluding hydrogens is 265 g/mol. The molecule has 1 nitrogen and oxygen atoms in total. The van der Waals surface area contributed by atoms with E-state index in [1.807, 2.05) is 19.2 Å². The summed E-state index contributed by atoms with van der Waals surface area (Å²) >= 11 is 12.1. The van der Waals surface area contributed by atoms with Gasteiger partial charge in [-0.2, -0.15) is 0 Å². The van der Waals surface area contributed by atoms with E-state index < -0.39 is 0 Å². The fraction of sp³-hybridized carbons (Fsp3) is 0.600. The molecule has 2 rings (SSSR count). The number of rotatable bonds is 4. The van der Waals surface area contributed by atoms with Crippen LogP contribution in [0.5, 0.6) is 0 Å². The summed E-state index contributed by atoms with van der Waals surface area (Å²) in [7, 11) is 2.02. The van der Waals surface area contributed by atoms with Crippen LogP contribution in [0.15, 0.2) is 18.2 Å². The molecule has 1 fully saturated rings. The molecule has 1 aliphatic rings. The SMILES string of the molecule is CNC(CC1CCCCC1)c1ccc(Cl)c(Cl)c1. The maximum absolute atomic E-state index is 6.10. The highest BCUT2D eigenvalue weighted by atomic mass is 35.5. The van der Waals surface area contributed by atoms with Gasteiger partial charge in [-0.1, -0.05) is 61.4 Å². The summed E-state index contributed by atoms with van der Waals surface area (Å²) in [5.41, 5.74) is 1.25. The molecule has 0 saturated heterocycles. The highest BCUT2D eigenvalue weighted by Crippen LogP contribution is 2.33. The van der Waals surface area contributed by atoms with Crippen LogP contribution in [0.3, 0.4) is 0 Å². The largest absolute Gasteiger partial charge is 0.313 e. The molecular formula is C15H21Cl2N. The van der Waals surface area contributed by atoms with Crippen molar-refractivity contribution >= 4 is 23.2 Å². The second kappa shape index (κ2) is 6.79. The molecule has 18 heavy (non-hydrogen) atoms. The summed E-state index contributed by atoms with van der Waals surface area (Å²) in [4.78, 5) is 0. The average molecular weight is 286 g/mol.